The highest BCUT2D eigenvalue weighted by Crippen LogP contribution is 2.23. The van der Waals surface area contributed by atoms with E-state index >= 15 is 0 Å². The van der Waals surface area contributed by atoms with Crippen LogP contribution in [0.15, 0.2) is 6.20 Å². The van der Waals surface area contributed by atoms with Crippen molar-refractivity contribution in [1.82, 2.24) is 20.3 Å². The van der Waals surface area contributed by atoms with Crippen LogP contribution in [-0.4, -0.2) is 33.2 Å². The van der Waals surface area contributed by atoms with Gasteiger partial charge in [0.15, 0.2) is 6.29 Å². The molecule has 98 valence electrons. The molecule has 1 fully saturated rings. The molecule has 1 aromatic heterocycles. The topological polar surface area (TPSA) is 76.9 Å². The van der Waals surface area contributed by atoms with E-state index in [0.29, 0.717) is 12.2 Å². The molecule has 1 amide bonds. The van der Waals surface area contributed by atoms with Crippen molar-refractivity contribution in [3.8, 4) is 0 Å². The summed E-state index contributed by atoms with van der Waals surface area (Å²) < 4.78 is 1.38. The zero-order valence-corrected chi connectivity index (χ0v) is 10.5. The highest BCUT2D eigenvalue weighted by Gasteiger charge is 2.22. The lowest BCUT2D eigenvalue weighted by atomic mass is 9.86. The second kappa shape index (κ2) is 5.75. The van der Waals surface area contributed by atoms with Gasteiger partial charge in [0.05, 0.1) is 6.20 Å². The van der Waals surface area contributed by atoms with E-state index in [1.54, 1.807) is 0 Å². The van der Waals surface area contributed by atoms with Crippen molar-refractivity contribution in [1.29, 1.82) is 0 Å². The van der Waals surface area contributed by atoms with Crippen molar-refractivity contribution in [3.05, 3.63) is 11.9 Å². The van der Waals surface area contributed by atoms with Crippen LogP contribution in [0.3, 0.4) is 0 Å². The molecule has 2 unspecified atom stereocenters. The number of hydrogen-bond acceptors (Lipinski definition) is 4. The van der Waals surface area contributed by atoms with Gasteiger partial charge >= 0.3 is 0 Å². The number of amides is 1. The van der Waals surface area contributed by atoms with Gasteiger partial charge in [0.1, 0.15) is 12.2 Å². The summed E-state index contributed by atoms with van der Waals surface area (Å²) in [5.41, 5.74) is 0.244. The number of rotatable bonds is 4. The minimum Gasteiger partial charge on any atom is -0.351 e. The lowest BCUT2D eigenvalue weighted by Crippen LogP contribution is -2.42. The van der Waals surface area contributed by atoms with Crippen LogP contribution in [-0.2, 0) is 11.3 Å². The fourth-order valence-corrected chi connectivity index (χ4v) is 2.37. The van der Waals surface area contributed by atoms with Crippen molar-refractivity contribution < 1.29 is 9.59 Å². The van der Waals surface area contributed by atoms with Crippen LogP contribution >= 0.6 is 0 Å². The molecule has 6 nitrogen and oxygen atoms in total. The molecule has 1 aromatic rings. The smallest absolute Gasteiger partial charge is 0.242 e. The van der Waals surface area contributed by atoms with Gasteiger partial charge in [0.2, 0.25) is 5.91 Å². The molecule has 1 heterocycles. The number of hydrogen-bond donors (Lipinski definition) is 1. The van der Waals surface area contributed by atoms with Crippen molar-refractivity contribution in [3.63, 3.8) is 0 Å². The van der Waals surface area contributed by atoms with E-state index in [2.05, 4.69) is 22.6 Å². The van der Waals surface area contributed by atoms with Gasteiger partial charge in [-0.2, -0.15) is 0 Å². The van der Waals surface area contributed by atoms with Crippen LogP contribution in [0, 0.1) is 5.92 Å². The van der Waals surface area contributed by atoms with E-state index < -0.39 is 0 Å². The molecular weight excluding hydrogens is 232 g/mol. The van der Waals surface area contributed by atoms with Crippen molar-refractivity contribution in [2.45, 2.75) is 45.2 Å². The van der Waals surface area contributed by atoms with Gasteiger partial charge in [-0.3, -0.25) is 9.59 Å². The lowest BCUT2D eigenvalue weighted by Gasteiger charge is -2.29. The summed E-state index contributed by atoms with van der Waals surface area (Å²) >= 11 is 0. The third-order valence-corrected chi connectivity index (χ3v) is 3.44. The van der Waals surface area contributed by atoms with Crippen LogP contribution in [0.25, 0.3) is 0 Å². The maximum Gasteiger partial charge on any atom is 0.242 e. The number of nitrogens with zero attached hydrogens (tertiary/aromatic N) is 3. The molecule has 1 aliphatic rings. The average molecular weight is 250 g/mol. The summed E-state index contributed by atoms with van der Waals surface area (Å²) in [6.45, 7) is 2.29. The summed E-state index contributed by atoms with van der Waals surface area (Å²) in [7, 11) is 0. The van der Waals surface area contributed by atoms with Gasteiger partial charge in [-0.25, -0.2) is 4.68 Å². The van der Waals surface area contributed by atoms with E-state index in [1.807, 2.05) is 0 Å². The number of carbonyl (C=O) groups is 2. The minimum absolute atomic E-state index is 0.0731. The van der Waals surface area contributed by atoms with Gasteiger partial charge in [-0.05, 0) is 18.8 Å². The Morgan fingerprint density at radius 2 is 2.33 bits per heavy atom. The third kappa shape index (κ3) is 3.15. The van der Waals surface area contributed by atoms with E-state index in [4.69, 9.17) is 0 Å². The van der Waals surface area contributed by atoms with Crippen molar-refractivity contribution >= 4 is 12.2 Å². The van der Waals surface area contributed by atoms with Crippen LogP contribution in [0.5, 0.6) is 0 Å². The fraction of sp³-hybridized carbons (Fsp3) is 0.667. The Bertz CT molecular complexity index is 429. The zero-order chi connectivity index (χ0) is 13.0. The molecule has 1 N–H and O–H groups in total. The molecule has 2 rings (SSSR count). The maximum absolute atomic E-state index is 11.8. The fourth-order valence-electron chi connectivity index (χ4n) is 2.37. The highest BCUT2D eigenvalue weighted by molar-refractivity contribution is 5.76. The van der Waals surface area contributed by atoms with Crippen LogP contribution in [0.1, 0.15) is 43.1 Å². The molecule has 6 heteroatoms. The number of carbonyl (C=O) groups excluding carboxylic acids is 2. The van der Waals surface area contributed by atoms with Gasteiger partial charge in [-0.1, -0.05) is 25.0 Å². The number of aromatic nitrogens is 3. The van der Waals surface area contributed by atoms with E-state index in [0.717, 1.165) is 6.42 Å². The summed E-state index contributed by atoms with van der Waals surface area (Å²) in [4.78, 5) is 22.3. The molecule has 0 bridgehead atoms. The van der Waals surface area contributed by atoms with Gasteiger partial charge in [0, 0.05) is 6.04 Å². The van der Waals surface area contributed by atoms with Gasteiger partial charge in [0.25, 0.3) is 0 Å². The van der Waals surface area contributed by atoms with E-state index in [-0.39, 0.29) is 24.2 Å². The van der Waals surface area contributed by atoms with Crippen LogP contribution in [0.2, 0.25) is 0 Å². The van der Waals surface area contributed by atoms with Gasteiger partial charge < -0.3 is 5.32 Å². The Labute approximate surface area is 106 Å². The molecule has 0 saturated heterocycles. The molecule has 0 spiro atoms. The summed E-state index contributed by atoms with van der Waals surface area (Å²) in [6.07, 6.45) is 6.72. The zero-order valence-electron chi connectivity index (χ0n) is 10.5. The molecule has 0 aromatic carbocycles. The molecule has 1 aliphatic carbocycles. The number of nitrogens with one attached hydrogen (secondary N) is 1. The Morgan fingerprint density at radius 3 is 3.00 bits per heavy atom. The summed E-state index contributed by atoms with van der Waals surface area (Å²) in [6, 6.07) is 0.264. The van der Waals surface area contributed by atoms with Gasteiger partial charge in [-0.15, -0.1) is 5.10 Å². The summed E-state index contributed by atoms with van der Waals surface area (Å²) in [5, 5.41) is 10.4. The first-order chi connectivity index (χ1) is 8.69. The third-order valence-electron chi connectivity index (χ3n) is 3.44. The second-order valence-corrected chi connectivity index (χ2v) is 4.89. The SMILES string of the molecule is CC1CCCCC1NC(=O)Cn1cc(C=O)nn1. The standard InChI is InChI=1S/C12H18N4O2/c1-9-4-2-3-5-11(9)13-12(18)7-16-6-10(8-17)14-15-16/h6,8-9,11H,2-5,7H2,1H3,(H,13,18). The Balaban J connectivity index is 1.86. The van der Waals surface area contributed by atoms with Crippen LogP contribution in [0.4, 0.5) is 0 Å². The van der Waals surface area contributed by atoms with E-state index in [9.17, 15) is 9.59 Å². The predicted octanol–water partition coefficient (Wildman–Crippen LogP) is 0.785. The lowest BCUT2D eigenvalue weighted by molar-refractivity contribution is -0.123. The molecule has 18 heavy (non-hydrogen) atoms. The minimum atomic E-state index is -0.0731. The second-order valence-electron chi connectivity index (χ2n) is 4.89. The quantitative estimate of drug-likeness (QED) is 0.801. The van der Waals surface area contributed by atoms with Crippen molar-refractivity contribution in [2.24, 2.45) is 5.92 Å². The molecule has 1 saturated carbocycles. The summed E-state index contributed by atoms with van der Waals surface area (Å²) in [5.74, 6) is 0.458. The van der Waals surface area contributed by atoms with E-state index in [1.165, 1.54) is 30.1 Å². The normalized spacial score (nSPS) is 23.6. The molecule has 2 atom stereocenters. The first kappa shape index (κ1) is 12.7. The monoisotopic (exact) mass is 250 g/mol. The van der Waals surface area contributed by atoms with Crippen LogP contribution < -0.4 is 5.32 Å². The maximum atomic E-state index is 11.8. The average Bonchev–Trinajstić information content (AvgIpc) is 2.80. The largest absolute Gasteiger partial charge is 0.351 e. The Hall–Kier alpha value is -1.72. The Morgan fingerprint density at radius 1 is 1.56 bits per heavy atom. The molecule has 0 aliphatic heterocycles. The first-order valence-corrected chi connectivity index (χ1v) is 6.33. The number of aldehydes is 1. The molecule has 0 radical (unpaired) electrons. The predicted molar refractivity (Wildman–Crippen MR) is 65.0 cm³/mol. The first-order valence-electron chi connectivity index (χ1n) is 6.33. The Kier molecular flexibility index (Phi) is 4.07. The highest BCUT2D eigenvalue weighted by atomic mass is 16.2. The van der Waals surface area contributed by atoms with Crippen molar-refractivity contribution in [2.75, 3.05) is 0 Å². The molecular formula is C12H18N4O2.